The normalized spacial score (nSPS) is 22.7. The van der Waals surface area contributed by atoms with Gasteiger partial charge >= 0.3 is 0 Å². The summed E-state index contributed by atoms with van der Waals surface area (Å²) in [5.74, 6) is 0.172. The average Bonchev–Trinajstić information content (AvgIpc) is 2.95. The Kier molecular flexibility index (Phi) is 3.09. The summed E-state index contributed by atoms with van der Waals surface area (Å²) in [4.78, 5) is 13.5. The fourth-order valence-electron chi connectivity index (χ4n) is 3.49. The third kappa shape index (κ3) is 2.06. The molecular formula is C16H20ClNO. The van der Waals surface area contributed by atoms with Crippen LogP contribution in [0.1, 0.15) is 49.1 Å². The number of carbonyl (C=O) groups is 1. The predicted octanol–water partition coefficient (Wildman–Crippen LogP) is 4.07. The fraction of sp³-hybridized carbons (Fsp3) is 0.562. The van der Waals surface area contributed by atoms with E-state index >= 15 is 0 Å². The van der Waals surface area contributed by atoms with Crippen LogP contribution < -0.4 is 4.90 Å². The highest BCUT2D eigenvalue weighted by Gasteiger charge is 2.37. The summed E-state index contributed by atoms with van der Waals surface area (Å²) in [7, 11) is 1.84. The Morgan fingerprint density at radius 3 is 2.68 bits per heavy atom. The van der Waals surface area contributed by atoms with Crippen molar-refractivity contribution in [2.45, 2.75) is 44.4 Å². The summed E-state index contributed by atoms with van der Waals surface area (Å²) in [6.07, 6.45) is 5.49. The highest BCUT2D eigenvalue weighted by molar-refractivity contribution is 6.21. The van der Waals surface area contributed by atoms with E-state index in [4.69, 9.17) is 11.6 Å². The topological polar surface area (TPSA) is 20.3 Å². The van der Waals surface area contributed by atoms with Gasteiger partial charge in [0.25, 0.3) is 0 Å². The fourth-order valence-corrected chi connectivity index (χ4v) is 3.84. The van der Waals surface area contributed by atoms with Crippen LogP contribution in [0, 0.1) is 5.41 Å². The van der Waals surface area contributed by atoms with E-state index in [0.717, 1.165) is 11.3 Å². The molecule has 19 heavy (non-hydrogen) atoms. The monoisotopic (exact) mass is 277 g/mol. The van der Waals surface area contributed by atoms with Crippen molar-refractivity contribution in [3.63, 3.8) is 0 Å². The molecule has 0 spiro atoms. The van der Waals surface area contributed by atoms with Crippen LogP contribution in [-0.4, -0.2) is 13.0 Å². The number of nitrogens with zero attached hydrogens (tertiary/aromatic N) is 1. The molecule has 1 saturated carbocycles. The van der Waals surface area contributed by atoms with Crippen LogP contribution in [0.2, 0.25) is 0 Å². The van der Waals surface area contributed by atoms with Crippen molar-refractivity contribution in [1.82, 2.24) is 0 Å². The van der Waals surface area contributed by atoms with E-state index in [1.54, 1.807) is 4.90 Å². The molecule has 1 amide bonds. The molecular weight excluding hydrogens is 258 g/mol. The number of fused-ring (bicyclic) bond motifs is 1. The first-order valence-corrected chi connectivity index (χ1v) is 7.48. The van der Waals surface area contributed by atoms with E-state index in [1.165, 1.54) is 31.2 Å². The summed E-state index contributed by atoms with van der Waals surface area (Å²) in [5.41, 5.74) is 3.55. The minimum atomic E-state index is 0.0568. The minimum Gasteiger partial charge on any atom is -0.315 e. The van der Waals surface area contributed by atoms with Gasteiger partial charge < -0.3 is 4.90 Å². The molecule has 3 heteroatoms. The van der Waals surface area contributed by atoms with E-state index in [0.29, 0.717) is 6.42 Å². The van der Waals surface area contributed by atoms with Gasteiger partial charge in [-0.2, -0.15) is 0 Å². The second kappa shape index (κ2) is 4.52. The molecule has 0 bridgehead atoms. The summed E-state index contributed by atoms with van der Waals surface area (Å²) in [6, 6.07) is 6.27. The molecule has 1 aromatic rings. The van der Waals surface area contributed by atoms with Crippen LogP contribution in [-0.2, 0) is 11.2 Å². The maximum atomic E-state index is 11.7. The first-order valence-electron chi connectivity index (χ1n) is 7.05. The number of carbonyl (C=O) groups excluding carboxylic acids is 1. The molecule has 1 atom stereocenters. The molecule has 1 aliphatic carbocycles. The smallest absolute Gasteiger partial charge is 0.231 e. The number of benzene rings is 1. The number of amides is 1. The molecule has 0 radical (unpaired) electrons. The number of likely N-dealkylation sites (N-methyl/N-ethyl adjacent to an activating group) is 1. The predicted molar refractivity (Wildman–Crippen MR) is 78.7 cm³/mol. The first-order chi connectivity index (χ1) is 9.01. The molecule has 0 aromatic heterocycles. The van der Waals surface area contributed by atoms with Crippen molar-refractivity contribution in [1.29, 1.82) is 0 Å². The molecule has 0 N–H and O–H groups in total. The molecule has 102 valence electrons. The molecule has 0 saturated heterocycles. The summed E-state index contributed by atoms with van der Waals surface area (Å²) in [6.45, 7) is 2.29. The van der Waals surface area contributed by atoms with E-state index in [2.05, 4.69) is 19.1 Å². The SMILES string of the molecule is CN1C(=O)Cc2cc(C(Cl)C3(C)CCCC3)ccc21. The van der Waals surface area contributed by atoms with E-state index < -0.39 is 0 Å². The van der Waals surface area contributed by atoms with Gasteiger partial charge in [-0.05, 0) is 35.4 Å². The zero-order chi connectivity index (χ0) is 13.6. The summed E-state index contributed by atoms with van der Waals surface area (Å²) in [5, 5.41) is 0.0568. The van der Waals surface area contributed by atoms with E-state index in [-0.39, 0.29) is 16.7 Å². The summed E-state index contributed by atoms with van der Waals surface area (Å²) >= 11 is 6.73. The molecule has 2 nitrogen and oxygen atoms in total. The molecule has 1 aliphatic heterocycles. The van der Waals surface area contributed by atoms with Gasteiger partial charge in [-0.1, -0.05) is 31.9 Å². The van der Waals surface area contributed by atoms with Gasteiger partial charge in [0.2, 0.25) is 5.91 Å². The molecule has 1 heterocycles. The van der Waals surface area contributed by atoms with Crippen molar-refractivity contribution in [3.8, 4) is 0 Å². The largest absolute Gasteiger partial charge is 0.315 e. The third-order valence-corrected chi connectivity index (χ3v) is 5.61. The van der Waals surface area contributed by atoms with Gasteiger partial charge in [-0.25, -0.2) is 0 Å². The van der Waals surface area contributed by atoms with E-state index in [1.807, 2.05) is 13.1 Å². The molecule has 1 unspecified atom stereocenters. The zero-order valence-electron chi connectivity index (χ0n) is 11.6. The lowest BCUT2D eigenvalue weighted by Gasteiger charge is -2.30. The standard InChI is InChI=1S/C16H20ClNO/c1-16(7-3-4-8-16)15(17)11-5-6-13-12(9-11)10-14(19)18(13)2/h5-6,9,15H,3-4,7-8,10H2,1-2H3. The number of halogens is 1. The van der Waals surface area contributed by atoms with Crippen molar-refractivity contribution in [2.24, 2.45) is 5.41 Å². The van der Waals surface area contributed by atoms with Crippen molar-refractivity contribution in [2.75, 3.05) is 11.9 Å². The van der Waals surface area contributed by atoms with Crippen LogP contribution in [0.25, 0.3) is 0 Å². The van der Waals surface area contributed by atoms with Gasteiger partial charge in [-0.15, -0.1) is 11.6 Å². The lowest BCUT2D eigenvalue weighted by molar-refractivity contribution is -0.117. The lowest BCUT2D eigenvalue weighted by Crippen LogP contribution is -2.20. The van der Waals surface area contributed by atoms with Gasteiger partial charge in [0.1, 0.15) is 0 Å². The highest BCUT2D eigenvalue weighted by atomic mass is 35.5. The Morgan fingerprint density at radius 1 is 1.32 bits per heavy atom. The maximum Gasteiger partial charge on any atom is 0.231 e. The highest BCUT2D eigenvalue weighted by Crippen LogP contribution is 2.51. The number of rotatable bonds is 2. The third-order valence-electron chi connectivity index (χ3n) is 4.83. The second-order valence-electron chi connectivity index (χ2n) is 6.24. The van der Waals surface area contributed by atoms with Crippen LogP contribution in [0.4, 0.5) is 5.69 Å². The quantitative estimate of drug-likeness (QED) is 0.747. The number of alkyl halides is 1. The first kappa shape index (κ1) is 13.0. The minimum absolute atomic E-state index is 0.0568. The Hall–Kier alpha value is -1.02. The van der Waals surface area contributed by atoms with Gasteiger partial charge in [0.05, 0.1) is 11.8 Å². The zero-order valence-corrected chi connectivity index (χ0v) is 12.3. The molecule has 1 fully saturated rings. The Labute approximate surface area is 119 Å². The van der Waals surface area contributed by atoms with Gasteiger partial charge in [0.15, 0.2) is 0 Å². The average molecular weight is 278 g/mol. The van der Waals surface area contributed by atoms with Crippen LogP contribution in [0.3, 0.4) is 0 Å². The number of hydrogen-bond acceptors (Lipinski definition) is 1. The molecule has 1 aromatic carbocycles. The number of anilines is 1. The Balaban J connectivity index is 1.91. The van der Waals surface area contributed by atoms with Crippen molar-refractivity contribution < 1.29 is 4.79 Å². The lowest BCUT2D eigenvalue weighted by atomic mass is 9.81. The summed E-state index contributed by atoms with van der Waals surface area (Å²) < 4.78 is 0. The van der Waals surface area contributed by atoms with Crippen LogP contribution >= 0.6 is 11.6 Å². The van der Waals surface area contributed by atoms with Crippen molar-refractivity contribution in [3.05, 3.63) is 29.3 Å². The van der Waals surface area contributed by atoms with Crippen LogP contribution in [0.15, 0.2) is 18.2 Å². The molecule has 2 aliphatic rings. The Bertz CT molecular complexity index is 519. The molecule has 3 rings (SSSR count). The second-order valence-corrected chi connectivity index (χ2v) is 6.68. The maximum absolute atomic E-state index is 11.7. The van der Waals surface area contributed by atoms with Crippen molar-refractivity contribution >= 4 is 23.2 Å². The van der Waals surface area contributed by atoms with Gasteiger partial charge in [-0.3, -0.25) is 4.79 Å². The van der Waals surface area contributed by atoms with Crippen LogP contribution in [0.5, 0.6) is 0 Å². The Morgan fingerprint density at radius 2 is 2.00 bits per heavy atom. The number of hydrogen-bond donors (Lipinski definition) is 0. The van der Waals surface area contributed by atoms with E-state index in [9.17, 15) is 4.79 Å². The van der Waals surface area contributed by atoms with Gasteiger partial charge in [0, 0.05) is 12.7 Å².